The molecule has 0 aromatic heterocycles. The average molecular weight is 211 g/mol. The molecule has 3 heteroatoms. The molecule has 0 N–H and O–H groups in total. The molecule has 0 aromatic rings. The first kappa shape index (κ1) is 10.9. The molecule has 0 aromatic carbocycles. The number of carbonyl (C=O) groups excluding carboxylic acids is 1. The monoisotopic (exact) mass is 211 g/mol. The topological polar surface area (TPSA) is 29.5 Å². The van der Waals surface area contributed by atoms with Gasteiger partial charge in [0, 0.05) is 5.92 Å². The summed E-state index contributed by atoms with van der Waals surface area (Å²) in [5, 5.41) is 0. The lowest BCUT2D eigenvalue weighted by molar-refractivity contribution is -0.144. The summed E-state index contributed by atoms with van der Waals surface area (Å²) >= 11 is 0. The molecular formula is C12H21NO2. The summed E-state index contributed by atoms with van der Waals surface area (Å²) in [4.78, 5) is 14.1. The van der Waals surface area contributed by atoms with Gasteiger partial charge in [-0.25, -0.2) is 0 Å². The van der Waals surface area contributed by atoms with Crippen LogP contribution in [0, 0.1) is 17.8 Å². The van der Waals surface area contributed by atoms with Crippen LogP contribution in [-0.2, 0) is 9.53 Å². The summed E-state index contributed by atoms with van der Waals surface area (Å²) in [6, 6.07) is 0.294. The largest absolute Gasteiger partial charge is 0.354 e. The van der Waals surface area contributed by atoms with Crippen molar-refractivity contribution in [3.05, 3.63) is 0 Å². The van der Waals surface area contributed by atoms with Crippen LogP contribution in [-0.4, -0.2) is 29.2 Å². The van der Waals surface area contributed by atoms with Crippen LogP contribution in [0.5, 0.6) is 0 Å². The highest BCUT2D eigenvalue weighted by Gasteiger charge is 2.56. The van der Waals surface area contributed by atoms with E-state index in [1.165, 1.54) is 0 Å². The van der Waals surface area contributed by atoms with Gasteiger partial charge in [0.1, 0.15) is 5.72 Å². The van der Waals surface area contributed by atoms with Crippen molar-refractivity contribution in [1.82, 2.24) is 4.90 Å². The standard InChI is InChI=1S/C12H21NO2/c1-7(2)10-8(3)11(14)13-9(10)6-15-12(13,4)5/h7-10H,6H2,1-5H3. The third-order valence-electron chi connectivity index (χ3n) is 3.94. The zero-order valence-corrected chi connectivity index (χ0v) is 10.3. The first-order chi connectivity index (χ1) is 6.86. The van der Waals surface area contributed by atoms with Gasteiger partial charge in [0.25, 0.3) is 0 Å². The van der Waals surface area contributed by atoms with E-state index in [4.69, 9.17) is 4.74 Å². The van der Waals surface area contributed by atoms with Gasteiger partial charge >= 0.3 is 0 Å². The Kier molecular flexibility index (Phi) is 2.34. The Morgan fingerprint density at radius 1 is 1.47 bits per heavy atom. The van der Waals surface area contributed by atoms with Gasteiger partial charge in [-0.15, -0.1) is 0 Å². The molecule has 0 aliphatic carbocycles. The van der Waals surface area contributed by atoms with Gasteiger partial charge in [0.2, 0.25) is 5.91 Å². The summed E-state index contributed by atoms with van der Waals surface area (Å²) < 4.78 is 5.71. The highest BCUT2D eigenvalue weighted by molar-refractivity contribution is 5.82. The van der Waals surface area contributed by atoms with E-state index in [9.17, 15) is 4.79 Å². The van der Waals surface area contributed by atoms with Gasteiger partial charge < -0.3 is 9.64 Å². The van der Waals surface area contributed by atoms with Crippen molar-refractivity contribution >= 4 is 5.91 Å². The van der Waals surface area contributed by atoms with Crippen molar-refractivity contribution in [3.63, 3.8) is 0 Å². The van der Waals surface area contributed by atoms with E-state index < -0.39 is 5.72 Å². The minimum Gasteiger partial charge on any atom is -0.354 e. The molecule has 86 valence electrons. The van der Waals surface area contributed by atoms with E-state index in [2.05, 4.69) is 20.8 Å². The number of carbonyl (C=O) groups is 1. The second-order valence-corrected chi connectivity index (χ2v) is 5.64. The zero-order valence-electron chi connectivity index (χ0n) is 10.3. The van der Waals surface area contributed by atoms with Crippen LogP contribution >= 0.6 is 0 Å². The summed E-state index contributed by atoms with van der Waals surface area (Å²) in [5.74, 6) is 1.40. The summed E-state index contributed by atoms with van der Waals surface area (Å²) in [6.07, 6.45) is 0. The van der Waals surface area contributed by atoms with E-state index >= 15 is 0 Å². The molecule has 0 saturated carbocycles. The third-order valence-corrected chi connectivity index (χ3v) is 3.94. The van der Waals surface area contributed by atoms with Crippen LogP contribution in [0.2, 0.25) is 0 Å². The molecular weight excluding hydrogens is 190 g/mol. The molecule has 3 atom stereocenters. The maximum Gasteiger partial charge on any atom is 0.228 e. The maximum atomic E-state index is 12.2. The van der Waals surface area contributed by atoms with Crippen molar-refractivity contribution < 1.29 is 9.53 Å². The van der Waals surface area contributed by atoms with Crippen LogP contribution in [0.15, 0.2) is 0 Å². The number of hydrogen-bond acceptors (Lipinski definition) is 2. The molecule has 15 heavy (non-hydrogen) atoms. The molecule has 3 unspecified atom stereocenters. The van der Waals surface area contributed by atoms with E-state index in [1.807, 2.05) is 18.7 Å². The quantitative estimate of drug-likeness (QED) is 0.662. The SMILES string of the molecule is CC(C)C1C(C)C(=O)N2C1COC2(C)C. The highest BCUT2D eigenvalue weighted by Crippen LogP contribution is 2.44. The molecule has 2 rings (SSSR count). The van der Waals surface area contributed by atoms with Gasteiger partial charge in [-0.2, -0.15) is 0 Å². The van der Waals surface area contributed by atoms with Gasteiger partial charge in [0.15, 0.2) is 0 Å². The Hall–Kier alpha value is -0.570. The van der Waals surface area contributed by atoms with Crippen LogP contribution in [0.4, 0.5) is 0 Å². The van der Waals surface area contributed by atoms with Gasteiger partial charge in [-0.3, -0.25) is 4.79 Å². The summed E-state index contributed by atoms with van der Waals surface area (Å²) in [6.45, 7) is 11.1. The number of rotatable bonds is 1. The molecule has 0 radical (unpaired) electrons. The average Bonchev–Trinajstić information content (AvgIpc) is 2.52. The number of fused-ring (bicyclic) bond motifs is 1. The van der Waals surface area contributed by atoms with Crippen molar-refractivity contribution in [1.29, 1.82) is 0 Å². The molecule has 2 fully saturated rings. The van der Waals surface area contributed by atoms with Gasteiger partial charge in [-0.05, 0) is 25.7 Å². The third kappa shape index (κ3) is 1.40. The first-order valence-corrected chi connectivity index (χ1v) is 5.83. The van der Waals surface area contributed by atoms with Crippen molar-refractivity contribution in [2.24, 2.45) is 17.8 Å². The Labute approximate surface area is 91.8 Å². The molecule has 0 bridgehead atoms. The van der Waals surface area contributed by atoms with Crippen LogP contribution in [0.25, 0.3) is 0 Å². The number of ether oxygens (including phenoxy) is 1. The minimum absolute atomic E-state index is 0.151. The fourth-order valence-electron chi connectivity index (χ4n) is 3.28. The molecule has 2 heterocycles. The molecule has 3 nitrogen and oxygen atoms in total. The molecule has 1 amide bonds. The molecule has 0 spiro atoms. The van der Waals surface area contributed by atoms with Crippen molar-refractivity contribution in [3.8, 4) is 0 Å². The van der Waals surface area contributed by atoms with E-state index in [1.54, 1.807) is 0 Å². The molecule has 2 aliphatic rings. The fourth-order valence-corrected chi connectivity index (χ4v) is 3.28. The second kappa shape index (κ2) is 3.21. The lowest BCUT2D eigenvalue weighted by atomic mass is 9.82. The second-order valence-electron chi connectivity index (χ2n) is 5.64. The Morgan fingerprint density at radius 3 is 2.60 bits per heavy atom. The predicted octanol–water partition coefficient (Wildman–Crippen LogP) is 1.87. The molecule has 2 saturated heterocycles. The minimum atomic E-state index is -0.403. The number of nitrogens with zero attached hydrogens (tertiary/aromatic N) is 1. The van der Waals surface area contributed by atoms with Crippen molar-refractivity contribution in [2.75, 3.05) is 6.61 Å². The van der Waals surface area contributed by atoms with Crippen LogP contribution in [0.3, 0.4) is 0 Å². The normalized spacial score (nSPS) is 38.9. The lowest BCUT2D eigenvalue weighted by Crippen LogP contribution is -2.44. The Morgan fingerprint density at radius 2 is 2.07 bits per heavy atom. The predicted molar refractivity (Wildman–Crippen MR) is 58.2 cm³/mol. The van der Waals surface area contributed by atoms with Gasteiger partial charge in [0.05, 0.1) is 12.6 Å². The van der Waals surface area contributed by atoms with Crippen LogP contribution in [0.1, 0.15) is 34.6 Å². The summed E-state index contributed by atoms with van der Waals surface area (Å²) in [7, 11) is 0. The number of amides is 1. The molecule has 2 aliphatic heterocycles. The zero-order chi connectivity index (χ0) is 11.4. The van der Waals surface area contributed by atoms with E-state index in [-0.39, 0.29) is 11.8 Å². The van der Waals surface area contributed by atoms with Gasteiger partial charge in [-0.1, -0.05) is 20.8 Å². The Bertz CT molecular complexity index is 285. The summed E-state index contributed by atoms with van der Waals surface area (Å²) in [5.41, 5.74) is -0.403. The first-order valence-electron chi connectivity index (χ1n) is 5.83. The lowest BCUT2D eigenvalue weighted by Gasteiger charge is -2.30. The fraction of sp³-hybridized carbons (Fsp3) is 0.917. The smallest absolute Gasteiger partial charge is 0.228 e. The Balaban J connectivity index is 2.32. The number of hydrogen-bond donors (Lipinski definition) is 0. The van der Waals surface area contributed by atoms with Crippen LogP contribution < -0.4 is 0 Å². The van der Waals surface area contributed by atoms with E-state index in [0.717, 1.165) is 0 Å². The highest BCUT2D eigenvalue weighted by atomic mass is 16.5. The van der Waals surface area contributed by atoms with Crippen molar-refractivity contribution in [2.45, 2.75) is 46.4 Å². The maximum absolute atomic E-state index is 12.2. The van der Waals surface area contributed by atoms with E-state index in [0.29, 0.717) is 24.5 Å².